The van der Waals surface area contributed by atoms with E-state index in [9.17, 15) is 8.78 Å². The highest BCUT2D eigenvalue weighted by Crippen LogP contribution is 2.14. The number of hydrogen-bond donors (Lipinski definition) is 1. The van der Waals surface area contributed by atoms with Crippen LogP contribution in [-0.2, 0) is 11.3 Å². The van der Waals surface area contributed by atoms with Crippen LogP contribution in [0.25, 0.3) is 0 Å². The number of rotatable bonds is 4. The van der Waals surface area contributed by atoms with Gasteiger partial charge in [-0.15, -0.1) is 0 Å². The van der Waals surface area contributed by atoms with Gasteiger partial charge in [-0.3, -0.25) is 0 Å². The molecule has 1 aromatic rings. The van der Waals surface area contributed by atoms with E-state index in [2.05, 4.69) is 5.32 Å². The zero-order valence-electron chi connectivity index (χ0n) is 9.72. The number of hydrogen-bond acceptors (Lipinski definition) is 2. The molecule has 1 fully saturated rings. The highest BCUT2D eigenvalue weighted by molar-refractivity contribution is 5.17. The Morgan fingerprint density at radius 1 is 1.12 bits per heavy atom. The van der Waals surface area contributed by atoms with Crippen molar-refractivity contribution in [3.8, 4) is 0 Å². The van der Waals surface area contributed by atoms with Crippen LogP contribution in [0.15, 0.2) is 18.2 Å². The molecule has 0 aliphatic carbocycles. The lowest BCUT2D eigenvalue weighted by Gasteiger charge is -2.22. The fourth-order valence-electron chi connectivity index (χ4n) is 2.08. The Labute approximate surface area is 100.0 Å². The number of nitrogens with one attached hydrogen (secondary N) is 1. The molecule has 0 unspecified atom stereocenters. The highest BCUT2D eigenvalue weighted by atomic mass is 19.1. The minimum absolute atomic E-state index is 0.506. The first-order chi connectivity index (χ1) is 8.24. The van der Waals surface area contributed by atoms with Crippen LogP contribution in [0.3, 0.4) is 0 Å². The fourth-order valence-corrected chi connectivity index (χ4v) is 2.08. The van der Waals surface area contributed by atoms with Crippen LogP contribution in [0.4, 0.5) is 8.78 Å². The summed E-state index contributed by atoms with van der Waals surface area (Å²) >= 11 is 0. The molecule has 4 heteroatoms. The van der Waals surface area contributed by atoms with Crippen molar-refractivity contribution >= 4 is 0 Å². The average molecular weight is 241 g/mol. The fraction of sp³-hybridized carbons (Fsp3) is 0.538. The zero-order valence-corrected chi connectivity index (χ0v) is 9.72. The van der Waals surface area contributed by atoms with Gasteiger partial charge < -0.3 is 10.1 Å². The largest absolute Gasteiger partial charge is 0.381 e. The molecule has 17 heavy (non-hydrogen) atoms. The molecule has 1 saturated heterocycles. The molecule has 0 aromatic heterocycles. The van der Waals surface area contributed by atoms with E-state index in [0.29, 0.717) is 18.0 Å². The van der Waals surface area contributed by atoms with E-state index in [0.717, 1.165) is 38.7 Å². The van der Waals surface area contributed by atoms with Gasteiger partial charge in [-0.05, 0) is 43.0 Å². The van der Waals surface area contributed by atoms with E-state index in [1.165, 1.54) is 12.1 Å². The minimum Gasteiger partial charge on any atom is -0.381 e. The molecular formula is C13H17F2NO. The molecule has 0 bridgehead atoms. The first-order valence-electron chi connectivity index (χ1n) is 5.97. The molecular weight excluding hydrogens is 224 g/mol. The monoisotopic (exact) mass is 241 g/mol. The Kier molecular flexibility index (Phi) is 4.45. The lowest BCUT2D eigenvalue weighted by Crippen LogP contribution is -2.27. The molecule has 1 aliphatic heterocycles. The van der Waals surface area contributed by atoms with Crippen LogP contribution in [0.1, 0.15) is 18.4 Å². The first kappa shape index (κ1) is 12.5. The summed E-state index contributed by atoms with van der Waals surface area (Å²) in [5.74, 6) is -0.428. The smallest absolute Gasteiger partial charge is 0.126 e. The maximum atomic E-state index is 12.9. The van der Waals surface area contributed by atoms with Crippen molar-refractivity contribution < 1.29 is 13.5 Å². The molecule has 0 atom stereocenters. The lowest BCUT2D eigenvalue weighted by molar-refractivity contribution is 0.0662. The lowest BCUT2D eigenvalue weighted by atomic mass is 10.0. The zero-order chi connectivity index (χ0) is 12.1. The Morgan fingerprint density at radius 2 is 1.76 bits per heavy atom. The van der Waals surface area contributed by atoms with Gasteiger partial charge in [0.05, 0.1) is 0 Å². The van der Waals surface area contributed by atoms with Gasteiger partial charge in [-0.25, -0.2) is 8.78 Å². The number of ether oxygens (including phenoxy) is 1. The average Bonchev–Trinajstić information content (AvgIpc) is 2.29. The summed E-state index contributed by atoms with van der Waals surface area (Å²) in [5, 5.41) is 3.24. The number of halogens is 2. The van der Waals surface area contributed by atoms with E-state index in [1.54, 1.807) is 0 Å². The second kappa shape index (κ2) is 6.07. The van der Waals surface area contributed by atoms with Gasteiger partial charge in [-0.1, -0.05) is 0 Å². The molecule has 0 spiro atoms. The SMILES string of the molecule is Fc1cc(F)cc(CNCC2CCOCC2)c1. The summed E-state index contributed by atoms with van der Waals surface area (Å²) < 4.78 is 31.1. The molecule has 1 N–H and O–H groups in total. The molecule has 0 radical (unpaired) electrons. The Balaban J connectivity index is 1.77. The second-order valence-corrected chi connectivity index (χ2v) is 4.46. The molecule has 94 valence electrons. The maximum absolute atomic E-state index is 12.9. The predicted molar refractivity (Wildman–Crippen MR) is 61.6 cm³/mol. The third kappa shape index (κ3) is 4.06. The van der Waals surface area contributed by atoms with Crippen LogP contribution < -0.4 is 5.32 Å². The van der Waals surface area contributed by atoms with E-state index in [4.69, 9.17) is 4.74 Å². The normalized spacial score (nSPS) is 17.3. The van der Waals surface area contributed by atoms with Crippen molar-refractivity contribution in [2.75, 3.05) is 19.8 Å². The summed E-state index contributed by atoms with van der Waals surface area (Å²) in [6, 6.07) is 3.61. The van der Waals surface area contributed by atoms with Gasteiger partial charge in [0.2, 0.25) is 0 Å². The quantitative estimate of drug-likeness (QED) is 0.874. The summed E-state index contributed by atoms with van der Waals surface area (Å²) in [4.78, 5) is 0. The van der Waals surface area contributed by atoms with Crippen LogP contribution in [-0.4, -0.2) is 19.8 Å². The van der Waals surface area contributed by atoms with Gasteiger partial charge in [0, 0.05) is 25.8 Å². The highest BCUT2D eigenvalue weighted by Gasteiger charge is 2.12. The third-order valence-electron chi connectivity index (χ3n) is 3.03. The van der Waals surface area contributed by atoms with Gasteiger partial charge in [0.1, 0.15) is 11.6 Å². The van der Waals surface area contributed by atoms with Crippen LogP contribution in [0.5, 0.6) is 0 Å². The van der Waals surface area contributed by atoms with E-state index in [-0.39, 0.29) is 0 Å². The van der Waals surface area contributed by atoms with Gasteiger partial charge >= 0.3 is 0 Å². The van der Waals surface area contributed by atoms with Gasteiger partial charge in [-0.2, -0.15) is 0 Å². The van der Waals surface area contributed by atoms with Crippen molar-refractivity contribution in [2.24, 2.45) is 5.92 Å². The van der Waals surface area contributed by atoms with E-state index < -0.39 is 11.6 Å². The molecule has 1 heterocycles. The standard InChI is InChI=1S/C13H17F2NO/c14-12-5-11(6-13(15)7-12)9-16-8-10-1-3-17-4-2-10/h5-7,10,16H,1-4,8-9H2. The first-order valence-corrected chi connectivity index (χ1v) is 5.97. The Hall–Kier alpha value is -1.00. The second-order valence-electron chi connectivity index (χ2n) is 4.46. The van der Waals surface area contributed by atoms with Crippen molar-refractivity contribution in [1.82, 2.24) is 5.32 Å². The summed E-state index contributed by atoms with van der Waals surface area (Å²) in [7, 11) is 0. The van der Waals surface area contributed by atoms with E-state index >= 15 is 0 Å². The molecule has 0 amide bonds. The van der Waals surface area contributed by atoms with Crippen LogP contribution in [0, 0.1) is 17.6 Å². The molecule has 2 rings (SSSR count). The summed E-state index contributed by atoms with van der Waals surface area (Å²) in [6.45, 7) is 3.02. The van der Waals surface area contributed by atoms with Crippen molar-refractivity contribution in [3.05, 3.63) is 35.4 Å². The van der Waals surface area contributed by atoms with Crippen molar-refractivity contribution in [3.63, 3.8) is 0 Å². The Bertz CT molecular complexity index is 344. The minimum atomic E-state index is -0.520. The molecule has 0 saturated carbocycles. The topological polar surface area (TPSA) is 21.3 Å². The van der Waals surface area contributed by atoms with Gasteiger partial charge in [0.25, 0.3) is 0 Å². The van der Waals surface area contributed by atoms with Crippen molar-refractivity contribution in [2.45, 2.75) is 19.4 Å². The summed E-state index contributed by atoms with van der Waals surface area (Å²) in [5.41, 5.74) is 0.648. The maximum Gasteiger partial charge on any atom is 0.126 e. The van der Waals surface area contributed by atoms with E-state index in [1.807, 2.05) is 0 Å². The molecule has 1 aromatic carbocycles. The predicted octanol–water partition coefficient (Wildman–Crippen LogP) is 2.48. The molecule has 2 nitrogen and oxygen atoms in total. The Morgan fingerprint density at radius 3 is 2.41 bits per heavy atom. The van der Waals surface area contributed by atoms with Crippen LogP contribution >= 0.6 is 0 Å². The summed E-state index contributed by atoms with van der Waals surface area (Å²) in [6.07, 6.45) is 2.12. The van der Waals surface area contributed by atoms with Gasteiger partial charge in [0.15, 0.2) is 0 Å². The van der Waals surface area contributed by atoms with Crippen LogP contribution in [0.2, 0.25) is 0 Å². The van der Waals surface area contributed by atoms with Crippen molar-refractivity contribution in [1.29, 1.82) is 0 Å². The number of benzene rings is 1. The molecule has 1 aliphatic rings. The third-order valence-corrected chi connectivity index (χ3v) is 3.03.